The van der Waals surface area contributed by atoms with Crippen LogP contribution in [0, 0.1) is 13.8 Å². The van der Waals surface area contributed by atoms with Crippen molar-refractivity contribution >= 4 is 35.0 Å². The molecule has 0 saturated heterocycles. The maximum atomic E-state index is 12.2. The van der Waals surface area contributed by atoms with E-state index in [0.717, 1.165) is 5.69 Å². The monoisotopic (exact) mass is 369 g/mol. The van der Waals surface area contributed by atoms with Crippen molar-refractivity contribution in [3.05, 3.63) is 51.2 Å². The fourth-order valence-electron chi connectivity index (χ4n) is 1.95. The molecule has 1 aromatic carbocycles. The van der Waals surface area contributed by atoms with E-state index in [9.17, 15) is 9.59 Å². The quantitative estimate of drug-likeness (QED) is 0.848. The molecule has 2 N–H and O–H groups in total. The van der Waals surface area contributed by atoms with Gasteiger partial charge in [-0.15, -0.1) is 0 Å². The highest BCUT2D eigenvalue weighted by atomic mass is 35.5. The molecule has 128 valence electrons. The van der Waals surface area contributed by atoms with Crippen molar-refractivity contribution < 1.29 is 14.0 Å². The highest BCUT2D eigenvalue weighted by Crippen LogP contribution is 2.25. The molecule has 2 rings (SSSR count). The number of aryl methyl sites for hydroxylation is 2. The third-order valence-electron chi connectivity index (χ3n) is 3.42. The largest absolute Gasteiger partial charge is 0.444 e. The number of benzene rings is 1. The highest BCUT2D eigenvalue weighted by Gasteiger charge is 2.19. The Hall–Kier alpha value is -2.05. The summed E-state index contributed by atoms with van der Waals surface area (Å²) >= 11 is 11.9. The second-order valence-corrected chi connectivity index (χ2v) is 6.05. The van der Waals surface area contributed by atoms with Crippen LogP contribution in [0.4, 0.5) is 0 Å². The summed E-state index contributed by atoms with van der Waals surface area (Å²) in [6, 6.07) is 3.97. The number of hydrogen-bond donors (Lipinski definition) is 2. The summed E-state index contributed by atoms with van der Waals surface area (Å²) in [6.45, 7) is 5.33. The van der Waals surface area contributed by atoms with Gasteiger partial charge in [-0.3, -0.25) is 9.59 Å². The van der Waals surface area contributed by atoms with Gasteiger partial charge < -0.3 is 15.1 Å². The van der Waals surface area contributed by atoms with Crippen LogP contribution in [0.2, 0.25) is 10.0 Å². The van der Waals surface area contributed by atoms with Crippen molar-refractivity contribution in [1.82, 2.24) is 15.6 Å². The second-order valence-electron chi connectivity index (χ2n) is 5.26. The first kappa shape index (κ1) is 18.3. The summed E-state index contributed by atoms with van der Waals surface area (Å²) in [4.78, 5) is 28.4. The van der Waals surface area contributed by atoms with Crippen molar-refractivity contribution in [3.63, 3.8) is 0 Å². The van der Waals surface area contributed by atoms with Gasteiger partial charge in [-0.2, -0.15) is 0 Å². The fourth-order valence-corrected chi connectivity index (χ4v) is 2.34. The van der Waals surface area contributed by atoms with Crippen LogP contribution in [0.1, 0.15) is 34.6 Å². The van der Waals surface area contributed by atoms with E-state index in [1.165, 1.54) is 6.07 Å². The van der Waals surface area contributed by atoms with Crippen molar-refractivity contribution in [2.75, 3.05) is 0 Å². The van der Waals surface area contributed by atoms with Crippen LogP contribution >= 0.6 is 23.2 Å². The molecule has 0 radical (unpaired) electrons. The maximum absolute atomic E-state index is 12.2. The summed E-state index contributed by atoms with van der Waals surface area (Å²) < 4.78 is 5.38. The molecule has 1 unspecified atom stereocenters. The van der Waals surface area contributed by atoms with E-state index in [-0.39, 0.29) is 28.1 Å². The third kappa shape index (κ3) is 4.27. The molecule has 0 saturated carbocycles. The third-order valence-corrected chi connectivity index (χ3v) is 4.24. The average Bonchev–Trinajstić information content (AvgIpc) is 2.85. The summed E-state index contributed by atoms with van der Waals surface area (Å²) in [5.74, 6) is 0.272. The van der Waals surface area contributed by atoms with E-state index < -0.39 is 11.9 Å². The smallest absolute Gasteiger partial charge is 0.253 e. The first-order chi connectivity index (χ1) is 11.3. The van der Waals surface area contributed by atoms with Gasteiger partial charge in [-0.1, -0.05) is 29.3 Å². The molecule has 2 aromatic rings. The maximum Gasteiger partial charge on any atom is 0.253 e. The Kier molecular flexibility index (Phi) is 5.85. The van der Waals surface area contributed by atoms with E-state index in [1.807, 2.05) is 6.92 Å². The van der Waals surface area contributed by atoms with E-state index >= 15 is 0 Å². The van der Waals surface area contributed by atoms with Gasteiger partial charge >= 0.3 is 0 Å². The molecule has 0 aliphatic heterocycles. The molecule has 1 heterocycles. The molecule has 24 heavy (non-hydrogen) atoms. The molecular weight excluding hydrogens is 353 g/mol. The Labute approximate surface area is 149 Å². The van der Waals surface area contributed by atoms with E-state index in [1.54, 1.807) is 26.0 Å². The molecule has 0 aliphatic rings. The highest BCUT2D eigenvalue weighted by molar-refractivity contribution is 6.43. The van der Waals surface area contributed by atoms with Gasteiger partial charge in [0.25, 0.3) is 5.91 Å². The number of rotatable bonds is 5. The van der Waals surface area contributed by atoms with Gasteiger partial charge in [0.1, 0.15) is 11.8 Å². The lowest BCUT2D eigenvalue weighted by molar-refractivity contribution is -0.122. The number of hydrogen-bond acceptors (Lipinski definition) is 4. The number of carbonyl (C=O) groups excluding carboxylic acids is 2. The fraction of sp³-hybridized carbons (Fsp3) is 0.312. The van der Waals surface area contributed by atoms with Crippen LogP contribution in [0.15, 0.2) is 22.6 Å². The first-order valence-corrected chi connectivity index (χ1v) is 8.00. The van der Waals surface area contributed by atoms with Crippen LogP contribution in [0.25, 0.3) is 0 Å². The average molecular weight is 370 g/mol. The Morgan fingerprint density at radius 2 is 2.00 bits per heavy atom. The molecule has 2 amide bonds. The molecular formula is C16H17Cl2N3O3. The molecule has 8 heteroatoms. The number of halogens is 2. The number of aromatic nitrogens is 1. The number of nitrogens with one attached hydrogen (secondary N) is 2. The SMILES string of the molecule is Cc1nc(CNC(=O)C(C)NC(=O)c2cccc(Cl)c2Cl)oc1C. The molecule has 1 atom stereocenters. The van der Waals surface area contributed by atoms with Gasteiger partial charge in [0.05, 0.1) is 27.8 Å². The first-order valence-electron chi connectivity index (χ1n) is 7.25. The van der Waals surface area contributed by atoms with Crippen LogP contribution in [-0.4, -0.2) is 22.8 Å². The lowest BCUT2D eigenvalue weighted by Gasteiger charge is -2.14. The van der Waals surface area contributed by atoms with Crippen LogP contribution in [0.3, 0.4) is 0 Å². The summed E-state index contributed by atoms with van der Waals surface area (Å²) in [6.07, 6.45) is 0. The lowest BCUT2D eigenvalue weighted by atomic mass is 10.2. The van der Waals surface area contributed by atoms with Crippen molar-refractivity contribution in [2.45, 2.75) is 33.4 Å². The van der Waals surface area contributed by atoms with Gasteiger partial charge in [0.2, 0.25) is 11.8 Å². The molecule has 0 fully saturated rings. The topological polar surface area (TPSA) is 84.2 Å². The summed E-state index contributed by atoms with van der Waals surface area (Å²) in [7, 11) is 0. The Bertz CT molecular complexity index is 754. The molecule has 6 nitrogen and oxygen atoms in total. The van der Waals surface area contributed by atoms with Crippen LogP contribution < -0.4 is 10.6 Å². The molecule has 0 aliphatic carbocycles. The lowest BCUT2D eigenvalue weighted by Crippen LogP contribution is -2.44. The van der Waals surface area contributed by atoms with Crippen molar-refractivity contribution in [2.24, 2.45) is 0 Å². The minimum atomic E-state index is -0.760. The van der Waals surface area contributed by atoms with E-state index in [2.05, 4.69) is 15.6 Å². The number of nitrogens with zero attached hydrogens (tertiary/aromatic N) is 1. The van der Waals surface area contributed by atoms with E-state index in [0.29, 0.717) is 11.7 Å². The van der Waals surface area contributed by atoms with E-state index in [4.69, 9.17) is 27.6 Å². The predicted octanol–water partition coefficient (Wildman–Crippen LogP) is 3.03. The Balaban J connectivity index is 1.93. The minimum Gasteiger partial charge on any atom is -0.444 e. The zero-order valence-corrected chi connectivity index (χ0v) is 15.0. The number of oxazole rings is 1. The molecule has 0 spiro atoms. The minimum absolute atomic E-state index is 0.144. The number of carbonyl (C=O) groups is 2. The zero-order chi connectivity index (χ0) is 17.9. The normalized spacial score (nSPS) is 11.9. The van der Waals surface area contributed by atoms with Gasteiger partial charge in [0, 0.05) is 0 Å². The van der Waals surface area contributed by atoms with Crippen LogP contribution in [-0.2, 0) is 11.3 Å². The zero-order valence-electron chi connectivity index (χ0n) is 13.4. The standard InChI is InChI=1S/C16H17Cl2N3O3/c1-8-10(3)24-13(20-8)7-19-15(22)9(2)21-16(23)11-5-4-6-12(17)14(11)18/h4-6,9H,7H2,1-3H3,(H,19,22)(H,21,23). The van der Waals surface area contributed by atoms with Gasteiger partial charge in [-0.05, 0) is 32.9 Å². The van der Waals surface area contributed by atoms with Gasteiger partial charge in [0.15, 0.2) is 0 Å². The van der Waals surface area contributed by atoms with Crippen molar-refractivity contribution in [1.29, 1.82) is 0 Å². The Morgan fingerprint density at radius 1 is 1.29 bits per heavy atom. The van der Waals surface area contributed by atoms with Gasteiger partial charge in [-0.25, -0.2) is 4.98 Å². The second kappa shape index (κ2) is 7.68. The Morgan fingerprint density at radius 3 is 2.62 bits per heavy atom. The molecule has 1 aromatic heterocycles. The summed E-state index contributed by atoms with van der Waals surface area (Å²) in [5.41, 5.74) is 0.985. The predicted molar refractivity (Wildman–Crippen MR) is 91.2 cm³/mol. The number of amides is 2. The molecule has 0 bridgehead atoms. The van der Waals surface area contributed by atoms with Crippen molar-refractivity contribution in [3.8, 4) is 0 Å². The van der Waals surface area contributed by atoms with Crippen LogP contribution in [0.5, 0.6) is 0 Å². The summed E-state index contributed by atoms with van der Waals surface area (Å²) in [5, 5.41) is 5.65.